The predicted molar refractivity (Wildman–Crippen MR) is 87.2 cm³/mol. The summed E-state index contributed by atoms with van der Waals surface area (Å²) in [6, 6.07) is 11.6. The van der Waals surface area contributed by atoms with Crippen LogP contribution in [0.4, 0.5) is 5.69 Å². The van der Waals surface area contributed by atoms with E-state index >= 15 is 0 Å². The number of hydrogen-bond donors (Lipinski definition) is 1. The Bertz CT molecular complexity index is 590. The van der Waals surface area contributed by atoms with Crippen LogP contribution in [0.5, 0.6) is 5.75 Å². The second-order valence-corrected chi connectivity index (χ2v) is 6.17. The van der Waals surface area contributed by atoms with Gasteiger partial charge < -0.3 is 10.1 Å². The summed E-state index contributed by atoms with van der Waals surface area (Å²) in [7, 11) is 1.67. The number of anilines is 1. The summed E-state index contributed by atoms with van der Waals surface area (Å²) in [6.45, 7) is 0.638. The van der Waals surface area contributed by atoms with Gasteiger partial charge in [-0.25, -0.2) is 0 Å². The number of ether oxygens (including phenoxy) is 1. The fourth-order valence-electron chi connectivity index (χ4n) is 1.71. The molecule has 0 amide bonds. The number of nitrogens with one attached hydrogen (secondary N) is 1. The minimum absolute atomic E-state index is 0.638. The van der Waals surface area contributed by atoms with Crippen LogP contribution in [0.25, 0.3) is 0 Å². The van der Waals surface area contributed by atoms with Crippen LogP contribution in [0.1, 0.15) is 5.56 Å². The Balaban J connectivity index is 2.18. The van der Waals surface area contributed by atoms with Crippen molar-refractivity contribution < 1.29 is 4.74 Å². The third kappa shape index (κ3) is 3.88. The highest BCUT2D eigenvalue weighted by Crippen LogP contribution is 2.28. The van der Waals surface area contributed by atoms with Crippen molar-refractivity contribution >= 4 is 49.1 Å². The lowest BCUT2D eigenvalue weighted by molar-refractivity contribution is 0.410. The standard InChI is InChI=1S/C14H12Br2ClNO/c1-19-14-5-3-10(15)6-9(14)8-18-13-7-11(16)2-4-12(13)17/h2-7,18H,8H2,1H3. The van der Waals surface area contributed by atoms with Gasteiger partial charge in [0, 0.05) is 21.1 Å². The van der Waals surface area contributed by atoms with Gasteiger partial charge in [-0.2, -0.15) is 0 Å². The van der Waals surface area contributed by atoms with Gasteiger partial charge >= 0.3 is 0 Å². The average molecular weight is 406 g/mol. The Labute approximate surface area is 134 Å². The van der Waals surface area contributed by atoms with Crippen molar-refractivity contribution in [2.45, 2.75) is 6.54 Å². The number of halogens is 3. The molecule has 2 aromatic rings. The van der Waals surface area contributed by atoms with Crippen molar-refractivity contribution in [1.29, 1.82) is 0 Å². The lowest BCUT2D eigenvalue weighted by Crippen LogP contribution is -2.02. The maximum atomic E-state index is 6.14. The molecule has 1 N–H and O–H groups in total. The summed E-state index contributed by atoms with van der Waals surface area (Å²) in [5.41, 5.74) is 1.95. The van der Waals surface area contributed by atoms with Crippen LogP contribution in [0, 0.1) is 0 Å². The molecule has 0 heterocycles. The molecule has 0 aliphatic rings. The topological polar surface area (TPSA) is 21.3 Å². The molecule has 0 saturated carbocycles. The molecule has 0 aliphatic carbocycles. The smallest absolute Gasteiger partial charge is 0.123 e. The van der Waals surface area contributed by atoms with Crippen molar-refractivity contribution in [2.24, 2.45) is 0 Å². The second-order valence-electron chi connectivity index (χ2n) is 3.93. The van der Waals surface area contributed by atoms with Crippen molar-refractivity contribution in [2.75, 3.05) is 12.4 Å². The number of hydrogen-bond acceptors (Lipinski definition) is 2. The van der Waals surface area contributed by atoms with E-state index in [4.69, 9.17) is 16.3 Å². The van der Waals surface area contributed by atoms with Gasteiger partial charge in [0.2, 0.25) is 0 Å². The average Bonchev–Trinajstić information content (AvgIpc) is 2.40. The van der Waals surface area contributed by atoms with Crippen LogP contribution >= 0.6 is 43.5 Å². The first kappa shape index (κ1) is 14.7. The van der Waals surface area contributed by atoms with E-state index in [9.17, 15) is 0 Å². The minimum Gasteiger partial charge on any atom is -0.496 e. The zero-order valence-electron chi connectivity index (χ0n) is 10.2. The van der Waals surface area contributed by atoms with Gasteiger partial charge in [-0.1, -0.05) is 43.5 Å². The molecule has 2 aromatic carbocycles. The van der Waals surface area contributed by atoms with Gasteiger partial charge in [0.15, 0.2) is 0 Å². The van der Waals surface area contributed by atoms with Crippen LogP contribution in [-0.2, 0) is 6.54 Å². The Morgan fingerprint density at radius 3 is 2.53 bits per heavy atom. The summed E-state index contributed by atoms with van der Waals surface area (Å²) in [5, 5.41) is 4.00. The molecule has 0 aromatic heterocycles. The SMILES string of the molecule is COc1ccc(Br)cc1CNc1cc(Br)ccc1Cl. The molecule has 100 valence electrons. The molecule has 0 radical (unpaired) electrons. The maximum absolute atomic E-state index is 6.14. The first-order valence-corrected chi connectivity index (χ1v) is 7.58. The van der Waals surface area contributed by atoms with Crippen molar-refractivity contribution in [1.82, 2.24) is 0 Å². The first-order chi connectivity index (χ1) is 9.10. The molecule has 0 spiro atoms. The lowest BCUT2D eigenvalue weighted by atomic mass is 10.2. The maximum Gasteiger partial charge on any atom is 0.123 e. The van der Waals surface area contributed by atoms with Gasteiger partial charge in [0.1, 0.15) is 5.75 Å². The molecule has 0 bridgehead atoms. The largest absolute Gasteiger partial charge is 0.496 e. The predicted octanol–water partition coefficient (Wildman–Crippen LogP) is 5.49. The van der Waals surface area contributed by atoms with Crippen molar-refractivity contribution in [3.63, 3.8) is 0 Å². The van der Waals surface area contributed by atoms with Gasteiger partial charge in [-0.05, 0) is 36.4 Å². The van der Waals surface area contributed by atoms with E-state index in [0.29, 0.717) is 11.6 Å². The lowest BCUT2D eigenvalue weighted by Gasteiger charge is -2.12. The van der Waals surface area contributed by atoms with Crippen LogP contribution in [-0.4, -0.2) is 7.11 Å². The van der Waals surface area contributed by atoms with E-state index in [2.05, 4.69) is 37.2 Å². The number of benzene rings is 2. The summed E-state index contributed by atoms with van der Waals surface area (Å²) in [4.78, 5) is 0. The summed E-state index contributed by atoms with van der Waals surface area (Å²) in [6.07, 6.45) is 0. The summed E-state index contributed by atoms with van der Waals surface area (Å²) < 4.78 is 7.35. The van der Waals surface area contributed by atoms with Gasteiger partial charge in [-0.3, -0.25) is 0 Å². The fraction of sp³-hybridized carbons (Fsp3) is 0.143. The van der Waals surface area contributed by atoms with E-state index in [1.807, 2.05) is 36.4 Å². The third-order valence-electron chi connectivity index (χ3n) is 2.64. The zero-order valence-corrected chi connectivity index (χ0v) is 14.1. The fourth-order valence-corrected chi connectivity index (χ4v) is 2.66. The molecule has 19 heavy (non-hydrogen) atoms. The molecule has 2 rings (SSSR count). The minimum atomic E-state index is 0.638. The molecule has 0 unspecified atom stereocenters. The third-order valence-corrected chi connectivity index (χ3v) is 3.96. The zero-order chi connectivity index (χ0) is 13.8. The highest BCUT2D eigenvalue weighted by atomic mass is 79.9. The molecular formula is C14H12Br2ClNO. The van der Waals surface area contributed by atoms with Crippen molar-refractivity contribution in [3.8, 4) is 5.75 Å². The van der Waals surface area contributed by atoms with E-state index < -0.39 is 0 Å². The number of rotatable bonds is 4. The molecule has 0 saturated heterocycles. The Morgan fingerprint density at radius 2 is 1.79 bits per heavy atom. The molecule has 5 heteroatoms. The molecule has 0 atom stereocenters. The van der Waals surface area contributed by atoms with Crippen molar-refractivity contribution in [3.05, 3.63) is 55.9 Å². The van der Waals surface area contributed by atoms with Crippen LogP contribution in [0.2, 0.25) is 5.02 Å². The monoisotopic (exact) mass is 403 g/mol. The van der Waals surface area contributed by atoms with Gasteiger partial charge in [-0.15, -0.1) is 0 Å². The Morgan fingerprint density at radius 1 is 1.11 bits per heavy atom. The first-order valence-electron chi connectivity index (χ1n) is 5.61. The van der Waals surface area contributed by atoms with Crippen LogP contribution in [0.3, 0.4) is 0 Å². The normalized spacial score (nSPS) is 10.3. The summed E-state index contributed by atoms with van der Waals surface area (Å²) in [5.74, 6) is 0.849. The second kappa shape index (κ2) is 6.64. The van der Waals surface area contributed by atoms with Crippen LogP contribution in [0.15, 0.2) is 45.3 Å². The van der Waals surface area contributed by atoms with E-state index in [1.54, 1.807) is 7.11 Å². The highest BCUT2D eigenvalue weighted by molar-refractivity contribution is 9.10. The van der Waals surface area contributed by atoms with E-state index in [-0.39, 0.29) is 0 Å². The highest BCUT2D eigenvalue weighted by Gasteiger charge is 2.05. The Hall–Kier alpha value is -0.710. The molecule has 0 fully saturated rings. The Kier molecular flexibility index (Phi) is 5.13. The van der Waals surface area contributed by atoms with E-state index in [1.165, 1.54) is 0 Å². The number of methoxy groups -OCH3 is 1. The quantitative estimate of drug-likeness (QED) is 0.727. The molecule has 2 nitrogen and oxygen atoms in total. The van der Waals surface area contributed by atoms with E-state index in [0.717, 1.165) is 25.9 Å². The van der Waals surface area contributed by atoms with Gasteiger partial charge in [0.25, 0.3) is 0 Å². The van der Waals surface area contributed by atoms with Gasteiger partial charge in [0.05, 0.1) is 17.8 Å². The van der Waals surface area contributed by atoms with Crippen LogP contribution < -0.4 is 10.1 Å². The summed E-state index contributed by atoms with van der Waals surface area (Å²) >= 11 is 13.0. The molecule has 0 aliphatic heterocycles. The molecular weight excluding hydrogens is 393 g/mol.